The first kappa shape index (κ1) is 21.1. The fourth-order valence-electron chi connectivity index (χ4n) is 3.67. The molecule has 0 radical (unpaired) electrons. The van der Waals surface area contributed by atoms with Gasteiger partial charge in [-0.05, 0) is 44.4 Å². The Morgan fingerprint density at radius 1 is 1.24 bits per heavy atom. The quantitative estimate of drug-likeness (QED) is 0.841. The Kier molecular flexibility index (Phi) is 6.42. The SMILES string of the molecule is C=C(C)c1cccc(C(C)(C)NC(=O)N2CCCN(Cc3nccn3C)CC2)c1. The van der Waals surface area contributed by atoms with Crippen LogP contribution in [0.15, 0.2) is 43.2 Å². The number of hydrogen-bond acceptors (Lipinski definition) is 3. The number of amides is 2. The molecular weight excluding hydrogens is 362 g/mol. The maximum absolute atomic E-state index is 13.0. The van der Waals surface area contributed by atoms with Crippen LogP contribution >= 0.6 is 0 Å². The van der Waals surface area contributed by atoms with Gasteiger partial charge in [-0.3, -0.25) is 4.90 Å². The lowest BCUT2D eigenvalue weighted by atomic mass is 9.92. The largest absolute Gasteiger partial charge is 0.337 e. The minimum atomic E-state index is -0.457. The van der Waals surface area contributed by atoms with Crippen molar-refractivity contribution in [1.29, 1.82) is 0 Å². The lowest BCUT2D eigenvalue weighted by molar-refractivity contribution is 0.186. The topological polar surface area (TPSA) is 53.4 Å². The van der Waals surface area contributed by atoms with E-state index in [0.717, 1.165) is 61.7 Å². The van der Waals surface area contributed by atoms with Crippen molar-refractivity contribution in [1.82, 2.24) is 24.7 Å². The molecule has 0 spiro atoms. The molecule has 3 rings (SSSR count). The van der Waals surface area contributed by atoms with E-state index >= 15 is 0 Å². The van der Waals surface area contributed by atoms with Crippen molar-refractivity contribution in [3.05, 3.63) is 60.2 Å². The van der Waals surface area contributed by atoms with Gasteiger partial charge < -0.3 is 14.8 Å². The average Bonchev–Trinajstić information content (AvgIpc) is 2.93. The molecule has 29 heavy (non-hydrogen) atoms. The van der Waals surface area contributed by atoms with Gasteiger partial charge in [-0.1, -0.05) is 30.4 Å². The van der Waals surface area contributed by atoms with Gasteiger partial charge in [0.05, 0.1) is 12.1 Å². The van der Waals surface area contributed by atoms with Gasteiger partial charge in [0.2, 0.25) is 0 Å². The number of carbonyl (C=O) groups excluding carboxylic acids is 1. The maximum Gasteiger partial charge on any atom is 0.318 e. The minimum Gasteiger partial charge on any atom is -0.337 e. The lowest BCUT2D eigenvalue weighted by Crippen LogP contribution is -2.49. The van der Waals surface area contributed by atoms with E-state index in [4.69, 9.17) is 0 Å². The molecule has 1 aliphatic rings. The number of urea groups is 1. The number of carbonyl (C=O) groups is 1. The Morgan fingerprint density at radius 3 is 2.72 bits per heavy atom. The summed E-state index contributed by atoms with van der Waals surface area (Å²) in [7, 11) is 2.02. The number of aryl methyl sites for hydroxylation is 1. The first-order valence-corrected chi connectivity index (χ1v) is 10.3. The summed E-state index contributed by atoms with van der Waals surface area (Å²) in [6, 6.07) is 8.24. The molecule has 0 bridgehead atoms. The summed E-state index contributed by atoms with van der Waals surface area (Å²) in [6.45, 7) is 14.3. The Labute approximate surface area is 174 Å². The number of benzene rings is 1. The van der Waals surface area contributed by atoms with Gasteiger partial charge in [0.1, 0.15) is 5.82 Å². The average molecular weight is 396 g/mol. The summed E-state index contributed by atoms with van der Waals surface area (Å²) >= 11 is 0. The number of hydrogen-bond donors (Lipinski definition) is 1. The minimum absolute atomic E-state index is 0.00503. The molecule has 0 unspecified atom stereocenters. The van der Waals surface area contributed by atoms with Gasteiger partial charge in [-0.25, -0.2) is 9.78 Å². The zero-order chi connectivity index (χ0) is 21.0. The zero-order valence-corrected chi connectivity index (χ0v) is 18.1. The second-order valence-corrected chi connectivity index (χ2v) is 8.49. The molecule has 1 aliphatic heterocycles. The Morgan fingerprint density at radius 2 is 2.03 bits per heavy atom. The van der Waals surface area contributed by atoms with Crippen molar-refractivity contribution in [2.45, 2.75) is 39.3 Å². The number of allylic oxidation sites excluding steroid dienone is 1. The Balaban J connectivity index is 1.60. The molecule has 1 saturated heterocycles. The molecule has 0 aliphatic carbocycles. The molecule has 6 heteroatoms. The summed E-state index contributed by atoms with van der Waals surface area (Å²) in [6.07, 6.45) is 4.76. The molecule has 6 nitrogen and oxygen atoms in total. The summed E-state index contributed by atoms with van der Waals surface area (Å²) in [5.41, 5.74) is 2.75. The number of nitrogens with one attached hydrogen (secondary N) is 1. The molecule has 2 amide bonds. The standard InChI is InChI=1S/C23H33N5O/c1-18(2)19-8-6-9-20(16-19)23(3,4)25-22(29)28-12-7-11-27(14-15-28)17-21-24-10-13-26(21)5/h6,8-10,13,16H,1,7,11-12,14-15,17H2,2-5H3,(H,25,29). The van der Waals surface area contributed by atoms with Crippen LogP contribution in [0.4, 0.5) is 4.79 Å². The second-order valence-electron chi connectivity index (χ2n) is 8.49. The smallest absolute Gasteiger partial charge is 0.318 e. The summed E-state index contributed by atoms with van der Waals surface area (Å²) in [4.78, 5) is 21.7. The van der Waals surface area contributed by atoms with E-state index in [0.29, 0.717) is 0 Å². The van der Waals surface area contributed by atoms with E-state index in [1.54, 1.807) is 0 Å². The third-order valence-corrected chi connectivity index (χ3v) is 5.66. The molecule has 1 fully saturated rings. The van der Waals surface area contributed by atoms with E-state index in [1.807, 2.05) is 51.2 Å². The summed E-state index contributed by atoms with van der Waals surface area (Å²) < 4.78 is 2.05. The van der Waals surface area contributed by atoms with Crippen LogP contribution in [0.2, 0.25) is 0 Å². The van der Waals surface area contributed by atoms with Crippen LogP contribution in [-0.4, -0.2) is 51.6 Å². The van der Waals surface area contributed by atoms with E-state index in [1.165, 1.54) is 0 Å². The number of rotatable bonds is 5. The highest BCUT2D eigenvalue weighted by molar-refractivity contribution is 5.75. The highest BCUT2D eigenvalue weighted by Crippen LogP contribution is 2.24. The van der Waals surface area contributed by atoms with Crippen LogP contribution in [0.5, 0.6) is 0 Å². The van der Waals surface area contributed by atoms with Crippen molar-refractivity contribution >= 4 is 11.6 Å². The second kappa shape index (κ2) is 8.82. The highest BCUT2D eigenvalue weighted by Gasteiger charge is 2.27. The van der Waals surface area contributed by atoms with Crippen LogP contribution in [0.3, 0.4) is 0 Å². The lowest BCUT2D eigenvalue weighted by Gasteiger charge is -2.31. The van der Waals surface area contributed by atoms with Crippen LogP contribution < -0.4 is 5.32 Å². The van der Waals surface area contributed by atoms with Gasteiger partial charge in [0.25, 0.3) is 0 Å². The maximum atomic E-state index is 13.0. The first-order chi connectivity index (χ1) is 13.8. The molecule has 2 heterocycles. The van der Waals surface area contributed by atoms with Gasteiger partial charge in [0.15, 0.2) is 0 Å². The fraction of sp³-hybridized carbons (Fsp3) is 0.478. The first-order valence-electron chi connectivity index (χ1n) is 10.3. The van der Waals surface area contributed by atoms with Gasteiger partial charge >= 0.3 is 6.03 Å². The van der Waals surface area contributed by atoms with Crippen molar-refractivity contribution in [2.75, 3.05) is 26.2 Å². The van der Waals surface area contributed by atoms with Crippen molar-refractivity contribution < 1.29 is 4.79 Å². The zero-order valence-electron chi connectivity index (χ0n) is 18.1. The highest BCUT2D eigenvalue weighted by atomic mass is 16.2. The van der Waals surface area contributed by atoms with Crippen LogP contribution in [0.1, 0.15) is 44.1 Å². The van der Waals surface area contributed by atoms with E-state index in [9.17, 15) is 4.79 Å². The molecule has 1 aromatic carbocycles. The molecule has 0 atom stereocenters. The molecular formula is C23H33N5O. The molecule has 0 saturated carbocycles. The van der Waals surface area contributed by atoms with Crippen molar-refractivity contribution in [2.24, 2.45) is 7.05 Å². The molecule has 1 aromatic heterocycles. The monoisotopic (exact) mass is 395 g/mol. The Hall–Kier alpha value is -2.60. The normalized spacial score (nSPS) is 15.8. The third kappa shape index (κ3) is 5.26. The Bertz CT molecular complexity index is 870. The van der Waals surface area contributed by atoms with Crippen LogP contribution in [0.25, 0.3) is 5.57 Å². The summed E-state index contributed by atoms with van der Waals surface area (Å²) in [5, 5.41) is 3.23. The van der Waals surface area contributed by atoms with Gasteiger partial charge in [-0.15, -0.1) is 0 Å². The fourth-order valence-corrected chi connectivity index (χ4v) is 3.67. The number of aromatic nitrogens is 2. The van der Waals surface area contributed by atoms with E-state index < -0.39 is 5.54 Å². The van der Waals surface area contributed by atoms with Gasteiger partial charge in [-0.2, -0.15) is 0 Å². The van der Waals surface area contributed by atoms with Crippen LogP contribution in [-0.2, 0) is 19.1 Å². The predicted molar refractivity (Wildman–Crippen MR) is 117 cm³/mol. The number of nitrogens with zero attached hydrogens (tertiary/aromatic N) is 4. The van der Waals surface area contributed by atoms with Crippen molar-refractivity contribution in [3.8, 4) is 0 Å². The molecule has 2 aromatic rings. The summed E-state index contributed by atoms with van der Waals surface area (Å²) in [5.74, 6) is 1.06. The van der Waals surface area contributed by atoms with Crippen molar-refractivity contribution in [3.63, 3.8) is 0 Å². The van der Waals surface area contributed by atoms with E-state index in [2.05, 4.69) is 44.5 Å². The molecule has 1 N–H and O–H groups in total. The molecule has 156 valence electrons. The number of imidazole rings is 1. The van der Waals surface area contributed by atoms with Crippen LogP contribution in [0, 0.1) is 0 Å². The van der Waals surface area contributed by atoms with E-state index in [-0.39, 0.29) is 6.03 Å². The van der Waals surface area contributed by atoms with Gasteiger partial charge in [0, 0.05) is 45.6 Å². The third-order valence-electron chi connectivity index (χ3n) is 5.66. The predicted octanol–water partition coefficient (Wildman–Crippen LogP) is 3.61.